The van der Waals surface area contributed by atoms with Gasteiger partial charge in [0.25, 0.3) is 0 Å². The number of hydrogen-bond donors (Lipinski definition) is 1. The molecule has 0 atom stereocenters. The predicted molar refractivity (Wildman–Crippen MR) is 178 cm³/mol. The van der Waals surface area contributed by atoms with Crippen LogP contribution in [-0.4, -0.2) is 19.6 Å². The van der Waals surface area contributed by atoms with Crippen LogP contribution < -0.4 is 0 Å². The fourth-order valence-corrected chi connectivity index (χ4v) is 5.57. The summed E-state index contributed by atoms with van der Waals surface area (Å²) in [4.78, 5) is 9.01. The van der Waals surface area contributed by atoms with Gasteiger partial charge in [0.2, 0.25) is 0 Å². The molecule has 0 spiro atoms. The molecule has 0 amide bonds. The normalized spacial score (nSPS) is 10.8. The third kappa shape index (κ3) is 6.35. The van der Waals surface area contributed by atoms with Crippen LogP contribution in [0.4, 0.5) is 0 Å². The zero-order valence-electron chi connectivity index (χ0n) is 25.2. The number of pyridine rings is 1. The number of benzene rings is 5. The number of phenolic OH excluding ortho intramolecular Hbond substituents is 1. The summed E-state index contributed by atoms with van der Waals surface area (Å²) in [6.07, 6.45) is 5.53. The minimum Gasteiger partial charge on any atom is -0.507 e. The first-order chi connectivity index (χ1) is 20.9. The van der Waals surface area contributed by atoms with Crippen LogP contribution in [0.25, 0.3) is 49.9 Å². The van der Waals surface area contributed by atoms with E-state index in [0.29, 0.717) is 5.92 Å². The second-order valence-electron chi connectivity index (χ2n) is 11.2. The van der Waals surface area contributed by atoms with Gasteiger partial charge in [-0.05, 0) is 69.1 Å². The molecule has 1 radical (unpaired) electrons. The molecule has 0 aliphatic rings. The van der Waals surface area contributed by atoms with E-state index in [1.165, 1.54) is 32.7 Å². The molecule has 221 valence electrons. The van der Waals surface area contributed by atoms with Crippen molar-refractivity contribution in [1.82, 2.24) is 14.5 Å². The molecule has 1 N–H and O–H groups in total. The summed E-state index contributed by atoms with van der Waals surface area (Å²) in [5, 5.41) is 14.9. The van der Waals surface area contributed by atoms with E-state index in [0.717, 1.165) is 33.9 Å². The van der Waals surface area contributed by atoms with Crippen molar-refractivity contribution in [2.45, 2.75) is 33.6 Å². The molecular formula is C39H34IrN3O-. The summed E-state index contributed by atoms with van der Waals surface area (Å²) >= 11 is 0. The van der Waals surface area contributed by atoms with E-state index in [4.69, 9.17) is 0 Å². The van der Waals surface area contributed by atoms with Crippen LogP contribution in [-0.2, 0) is 20.1 Å². The molecule has 4 nitrogen and oxygen atoms in total. The fraction of sp³-hybridized carbons (Fsp3) is 0.128. The molecule has 7 aromatic rings. The summed E-state index contributed by atoms with van der Waals surface area (Å²) in [5.74, 6) is 1.51. The standard InChI is InChI=1S/C24H22N.C15H12N2O.Ir/c1-15(2)18-5-7-21-19(14-18)6-8-23-22(21)9-10-25-24(23)20-12-16(3)11-17(4)13-20;18-14-9-5-4-8-13(14)15-16-10-11-17(15)12-6-2-1-3-7-12;/h5-12,14-15H,1-4H3;1-11,18H;/q-1;;. The number of nitrogens with zero attached hydrogens (tertiary/aromatic N) is 3. The van der Waals surface area contributed by atoms with E-state index in [1.54, 1.807) is 18.3 Å². The van der Waals surface area contributed by atoms with Crippen molar-refractivity contribution in [2.75, 3.05) is 0 Å². The van der Waals surface area contributed by atoms with Gasteiger partial charge in [-0.3, -0.25) is 4.57 Å². The van der Waals surface area contributed by atoms with Gasteiger partial charge < -0.3 is 10.1 Å². The van der Waals surface area contributed by atoms with E-state index in [-0.39, 0.29) is 25.9 Å². The maximum absolute atomic E-state index is 9.90. The van der Waals surface area contributed by atoms with Crippen LogP contribution in [0, 0.1) is 19.9 Å². The first kappa shape index (κ1) is 30.9. The summed E-state index contributed by atoms with van der Waals surface area (Å²) < 4.78 is 1.95. The molecular weight excluding hydrogens is 719 g/mol. The first-order valence-corrected chi connectivity index (χ1v) is 14.6. The third-order valence-corrected chi connectivity index (χ3v) is 7.68. The Morgan fingerprint density at radius 2 is 1.48 bits per heavy atom. The van der Waals surface area contributed by atoms with Gasteiger partial charge in [0.05, 0.1) is 5.56 Å². The smallest absolute Gasteiger partial charge is 0.148 e. The number of imidazole rings is 1. The number of aromatic hydroxyl groups is 1. The van der Waals surface area contributed by atoms with E-state index >= 15 is 0 Å². The summed E-state index contributed by atoms with van der Waals surface area (Å²) in [7, 11) is 0. The second kappa shape index (κ2) is 13.4. The Balaban J connectivity index is 0.000000179. The number of aromatic nitrogens is 3. The van der Waals surface area contributed by atoms with Crippen LogP contribution in [0.1, 0.15) is 36.5 Å². The van der Waals surface area contributed by atoms with E-state index in [2.05, 4.69) is 92.3 Å². The molecule has 0 aliphatic carbocycles. The number of phenols is 1. The van der Waals surface area contributed by atoms with Crippen molar-refractivity contribution in [3.8, 4) is 34.1 Å². The summed E-state index contributed by atoms with van der Waals surface area (Å²) in [5.41, 5.74) is 7.60. The zero-order chi connectivity index (χ0) is 29.9. The van der Waals surface area contributed by atoms with Crippen molar-refractivity contribution in [3.63, 3.8) is 0 Å². The summed E-state index contributed by atoms with van der Waals surface area (Å²) in [6.45, 7) is 8.68. The number of rotatable bonds is 4. The first-order valence-electron chi connectivity index (χ1n) is 14.6. The molecule has 7 rings (SSSR count). The Kier molecular flexibility index (Phi) is 9.39. The quantitative estimate of drug-likeness (QED) is 0.144. The van der Waals surface area contributed by atoms with Crippen molar-refractivity contribution in [2.24, 2.45) is 0 Å². The number of aryl methyl sites for hydroxylation is 2. The van der Waals surface area contributed by atoms with Gasteiger partial charge >= 0.3 is 0 Å². The zero-order valence-corrected chi connectivity index (χ0v) is 27.6. The van der Waals surface area contributed by atoms with Gasteiger partial charge in [0.15, 0.2) is 0 Å². The van der Waals surface area contributed by atoms with Crippen molar-refractivity contribution in [1.29, 1.82) is 0 Å². The van der Waals surface area contributed by atoms with Gasteiger partial charge in [-0.1, -0.05) is 88.4 Å². The minimum absolute atomic E-state index is 0. The predicted octanol–water partition coefficient (Wildman–Crippen LogP) is 9.84. The SMILES string of the molecule is Cc1[c-]c(-c2nccc3c2ccc2cc(C(C)C)ccc23)cc(C)c1.Oc1ccccc1-c1nccn1-c1ccccc1.[Ir]. The maximum atomic E-state index is 9.90. The third-order valence-electron chi connectivity index (χ3n) is 7.68. The van der Waals surface area contributed by atoms with Crippen LogP contribution in [0.15, 0.2) is 122 Å². The van der Waals surface area contributed by atoms with Crippen LogP contribution in [0.3, 0.4) is 0 Å². The largest absolute Gasteiger partial charge is 0.507 e. The van der Waals surface area contributed by atoms with Crippen LogP contribution >= 0.6 is 0 Å². The molecule has 44 heavy (non-hydrogen) atoms. The molecule has 2 aromatic heterocycles. The Bertz CT molecular complexity index is 2030. The van der Waals surface area contributed by atoms with E-state index in [9.17, 15) is 5.11 Å². The molecule has 0 bridgehead atoms. The van der Waals surface area contributed by atoms with Crippen LogP contribution in [0.5, 0.6) is 5.75 Å². The monoisotopic (exact) mass is 753 g/mol. The van der Waals surface area contributed by atoms with Crippen LogP contribution in [0.2, 0.25) is 0 Å². The molecule has 2 heterocycles. The Morgan fingerprint density at radius 3 is 2.23 bits per heavy atom. The van der Waals surface area contributed by atoms with Gasteiger partial charge in [-0.2, -0.15) is 0 Å². The Morgan fingerprint density at radius 1 is 0.727 bits per heavy atom. The Hall–Kier alpha value is -4.57. The number of para-hydroxylation sites is 2. The molecule has 0 saturated carbocycles. The van der Waals surface area contributed by atoms with Crippen molar-refractivity contribution < 1.29 is 25.2 Å². The average molecular weight is 753 g/mol. The maximum Gasteiger partial charge on any atom is 0.148 e. The number of fused-ring (bicyclic) bond motifs is 3. The molecule has 5 heteroatoms. The van der Waals surface area contributed by atoms with Gasteiger partial charge in [-0.25, -0.2) is 4.98 Å². The molecule has 0 fully saturated rings. The molecule has 0 unspecified atom stereocenters. The van der Waals surface area contributed by atoms with Crippen molar-refractivity contribution >= 4 is 21.5 Å². The summed E-state index contributed by atoms with van der Waals surface area (Å²) in [6, 6.07) is 38.3. The van der Waals surface area contributed by atoms with Crippen molar-refractivity contribution in [3.05, 3.63) is 144 Å². The van der Waals surface area contributed by atoms with E-state index in [1.807, 2.05) is 59.4 Å². The van der Waals surface area contributed by atoms with Gasteiger partial charge in [0, 0.05) is 44.4 Å². The minimum atomic E-state index is 0. The topological polar surface area (TPSA) is 50.9 Å². The molecule has 0 aliphatic heterocycles. The fourth-order valence-electron chi connectivity index (χ4n) is 5.57. The molecule has 0 saturated heterocycles. The Labute approximate surface area is 272 Å². The molecule has 5 aromatic carbocycles. The average Bonchev–Trinajstić information content (AvgIpc) is 3.51. The van der Waals surface area contributed by atoms with Gasteiger partial charge in [-0.15, -0.1) is 34.9 Å². The second-order valence-corrected chi connectivity index (χ2v) is 11.2. The number of hydrogen-bond acceptors (Lipinski definition) is 3. The van der Waals surface area contributed by atoms with Gasteiger partial charge in [0.1, 0.15) is 11.6 Å². The van der Waals surface area contributed by atoms with E-state index < -0.39 is 0 Å².